The van der Waals surface area contributed by atoms with Gasteiger partial charge in [0.05, 0.1) is 6.10 Å². The second kappa shape index (κ2) is 9.17. The van der Waals surface area contributed by atoms with Gasteiger partial charge in [0.2, 0.25) is 0 Å². The normalized spacial score (nSPS) is 11.7. The van der Waals surface area contributed by atoms with Gasteiger partial charge in [-0.2, -0.15) is 0 Å². The summed E-state index contributed by atoms with van der Waals surface area (Å²) in [6, 6.07) is 4.11. The Morgan fingerprint density at radius 1 is 1.24 bits per heavy atom. The Morgan fingerprint density at radius 3 is 1.95 bits per heavy atom. The summed E-state index contributed by atoms with van der Waals surface area (Å²) in [6.07, 6.45) is -0.753. The molecule has 0 saturated heterocycles. The second-order valence-corrected chi connectivity index (χ2v) is 5.42. The first kappa shape index (κ1) is 21.5. The van der Waals surface area contributed by atoms with Crippen LogP contribution in [0.1, 0.15) is 39.4 Å². The summed E-state index contributed by atoms with van der Waals surface area (Å²) in [4.78, 5) is 8.89. The molecule has 0 amide bonds. The van der Waals surface area contributed by atoms with Crippen molar-refractivity contribution in [3.8, 4) is 11.5 Å². The lowest BCUT2D eigenvalue weighted by Gasteiger charge is -2.23. The Kier molecular flexibility index (Phi) is 9.37. The third-order valence-corrected chi connectivity index (χ3v) is 2.14. The third-order valence-electron chi connectivity index (χ3n) is 2.14. The highest BCUT2D eigenvalue weighted by Gasteiger charge is 2.14. The first-order valence-electron chi connectivity index (χ1n) is 6.15. The number of aliphatic carboxylic acids is 1. The molecule has 1 unspecified atom stereocenters. The van der Waals surface area contributed by atoms with E-state index in [-0.39, 0.29) is 22.5 Å². The van der Waals surface area contributed by atoms with E-state index < -0.39 is 12.1 Å². The summed E-state index contributed by atoms with van der Waals surface area (Å²) < 4.78 is 0. The molecule has 1 rings (SSSR count). The van der Waals surface area contributed by atoms with Crippen molar-refractivity contribution in [2.75, 3.05) is 6.54 Å². The maximum Gasteiger partial charge on any atom is 0.119 e. The van der Waals surface area contributed by atoms with Crippen LogP contribution in [0.15, 0.2) is 18.2 Å². The predicted octanol–water partition coefficient (Wildman–Crippen LogP) is -0.549. The minimum atomic E-state index is -1.08. The van der Waals surface area contributed by atoms with E-state index in [0.29, 0.717) is 12.1 Å². The highest BCUT2D eigenvalue weighted by Crippen LogP contribution is 2.24. The van der Waals surface area contributed by atoms with Crippen molar-refractivity contribution in [2.45, 2.75) is 39.3 Å². The Bertz CT molecular complexity index is 417. The van der Waals surface area contributed by atoms with Gasteiger partial charge in [-0.25, -0.2) is 0 Å². The maximum absolute atomic E-state index is 9.85. The molecule has 7 nitrogen and oxygen atoms in total. The van der Waals surface area contributed by atoms with Gasteiger partial charge in [-0.15, -0.1) is 0 Å². The predicted molar refractivity (Wildman–Crippen MR) is 76.8 cm³/mol. The van der Waals surface area contributed by atoms with E-state index in [2.05, 4.69) is 5.32 Å². The number of benzene rings is 1. The summed E-state index contributed by atoms with van der Waals surface area (Å²) in [6.45, 7) is 7.34. The molecule has 0 saturated carbocycles. The molecule has 0 aliphatic rings. The molecule has 0 radical (unpaired) electrons. The van der Waals surface area contributed by atoms with Crippen LogP contribution in [0.4, 0.5) is 0 Å². The van der Waals surface area contributed by atoms with Crippen molar-refractivity contribution >= 4 is 5.97 Å². The maximum atomic E-state index is 9.85. The Labute approximate surface area is 124 Å². The minimum absolute atomic E-state index is 0. The van der Waals surface area contributed by atoms with Crippen LogP contribution in [0.3, 0.4) is 0 Å². The number of aliphatic hydroxyl groups is 1. The number of carboxylic acids is 1. The molecule has 0 aromatic heterocycles. The number of phenolic OH excluding ortho intramolecular Hbond substituents is 2. The highest BCUT2D eigenvalue weighted by molar-refractivity contribution is 5.60. The molecule has 122 valence electrons. The van der Waals surface area contributed by atoms with Crippen LogP contribution < -0.4 is 10.4 Å². The average Bonchev–Trinajstić information content (AvgIpc) is 2.22. The topological polar surface area (TPSA) is 144 Å². The fourth-order valence-electron chi connectivity index (χ4n) is 1.33. The van der Waals surface area contributed by atoms with E-state index in [1.54, 1.807) is 0 Å². The monoisotopic (exact) mass is 302 g/mol. The summed E-state index contributed by atoms with van der Waals surface area (Å²) in [5.74, 6) is -1.19. The van der Waals surface area contributed by atoms with E-state index in [1.807, 2.05) is 20.8 Å². The molecule has 0 fully saturated rings. The van der Waals surface area contributed by atoms with Gasteiger partial charge in [0.15, 0.2) is 0 Å². The number of carboxylic acid groups (broad SMARTS) is 1. The van der Waals surface area contributed by atoms with Crippen LogP contribution in [0.5, 0.6) is 11.5 Å². The lowest BCUT2D eigenvalue weighted by Crippen LogP contribution is -2.38. The molecule has 1 atom stereocenters. The van der Waals surface area contributed by atoms with Crippen molar-refractivity contribution in [3.63, 3.8) is 0 Å². The van der Waals surface area contributed by atoms with Gasteiger partial charge in [-0.1, -0.05) is 0 Å². The number of carbonyl (C=O) groups is 1. The van der Waals surface area contributed by atoms with Gasteiger partial charge in [0.1, 0.15) is 11.5 Å². The number of carbonyl (C=O) groups excluding carboxylic acids is 1. The first-order valence-corrected chi connectivity index (χ1v) is 6.15. The Morgan fingerprint density at radius 2 is 1.62 bits per heavy atom. The standard InChI is InChI=1S/C12H19NO3.C2H4O2.H2O/c1-12(2,3)13-7-11(16)8-4-9(14)6-10(15)5-8;1-2(3)4;/h4-6,11,13-16H,7H2,1-3H3;1H3,(H,3,4);1H2/p-1. The third kappa shape index (κ3) is 11.7. The molecule has 1 aromatic rings. The minimum Gasteiger partial charge on any atom is -0.550 e. The molecular weight excluding hydrogens is 278 g/mol. The lowest BCUT2D eigenvalue weighted by molar-refractivity contribution is -0.302. The van der Waals surface area contributed by atoms with E-state index >= 15 is 0 Å². The molecular formula is C14H24NO6-. The Balaban J connectivity index is 0. The summed E-state index contributed by atoms with van der Waals surface area (Å²) in [5, 5.41) is 40.4. The number of aliphatic hydroxyl groups excluding tert-OH is 1. The first-order chi connectivity index (χ1) is 9.01. The molecule has 0 heterocycles. The van der Waals surface area contributed by atoms with Gasteiger partial charge in [0.25, 0.3) is 0 Å². The van der Waals surface area contributed by atoms with Crippen LogP contribution in [-0.2, 0) is 4.79 Å². The number of aromatic hydroxyl groups is 2. The van der Waals surface area contributed by atoms with Crippen molar-refractivity contribution < 1.29 is 30.7 Å². The molecule has 0 spiro atoms. The number of hydrogen-bond acceptors (Lipinski definition) is 6. The summed E-state index contributed by atoms with van der Waals surface area (Å²) in [7, 11) is 0. The quantitative estimate of drug-likeness (QED) is 0.589. The number of β-amino-alcohol motifs (C(OH)–C–C–N with tert-alkyl or cyclic N) is 1. The van der Waals surface area contributed by atoms with Crippen LogP contribution in [-0.4, -0.2) is 38.8 Å². The fourth-order valence-corrected chi connectivity index (χ4v) is 1.33. The van der Waals surface area contributed by atoms with Crippen molar-refractivity contribution in [1.82, 2.24) is 5.32 Å². The van der Waals surface area contributed by atoms with Crippen LogP contribution in [0.25, 0.3) is 0 Å². The zero-order valence-electron chi connectivity index (χ0n) is 12.7. The number of nitrogens with one attached hydrogen (secondary N) is 1. The van der Waals surface area contributed by atoms with Gasteiger partial charge in [-0.3, -0.25) is 0 Å². The zero-order chi connectivity index (χ0) is 15.9. The van der Waals surface area contributed by atoms with Crippen LogP contribution >= 0.6 is 0 Å². The number of hydrogen-bond donors (Lipinski definition) is 4. The van der Waals surface area contributed by atoms with E-state index in [9.17, 15) is 15.3 Å². The largest absolute Gasteiger partial charge is 0.550 e. The average molecular weight is 302 g/mol. The van der Waals surface area contributed by atoms with Crippen LogP contribution in [0.2, 0.25) is 0 Å². The number of phenols is 2. The molecule has 0 aliphatic carbocycles. The molecule has 0 aliphatic heterocycles. The van der Waals surface area contributed by atoms with Gasteiger partial charge >= 0.3 is 0 Å². The van der Waals surface area contributed by atoms with Gasteiger partial charge in [0, 0.05) is 24.1 Å². The highest BCUT2D eigenvalue weighted by atomic mass is 16.4. The number of rotatable bonds is 3. The Hall–Kier alpha value is -1.83. The lowest BCUT2D eigenvalue weighted by atomic mass is 10.1. The molecule has 0 bridgehead atoms. The SMILES string of the molecule is CC(=O)[O-].CC(C)(C)NCC(O)c1cc(O)cc(O)c1.O. The van der Waals surface area contributed by atoms with Gasteiger partial charge in [-0.05, 0) is 45.4 Å². The van der Waals surface area contributed by atoms with E-state index in [0.717, 1.165) is 6.92 Å². The fraction of sp³-hybridized carbons (Fsp3) is 0.500. The molecule has 21 heavy (non-hydrogen) atoms. The van der Waals surface area contributed by atoms with Crippen molar-refractivity contribution in [2.24, 2.45) is 0 Å². The summed E-state index contributed by atoms with van der Waals surface area (Å²) in [5.41, 5.74) is 0.411. The second-order valence-electron chi connectivity index (χ2n) is 5.42. The summed E-state index contributed by atoms with van der Waals surface area (Å²) >= 11 is 0. The zero-order valence-corrected chi connectivity index (χ0v) is 12.7. The molecule has 7 heteroatoms. The van der Waals surface area contributed by atoms with E-state index in [1.165, 1.54) is 18.2 Å². The van der Waals surface area contributed by atoms with Crippen LogP contribution in [0, 0.1) is 0 Å². The molecule has 6 N–H and O–H groups in total. The van der Waals surface area contributed by atoms with E-state index in [4.69, 9.17) is 9.90 Å². The van der Waals surface area contributed by atoms with Crippen molar-refractivity contribution in [3.05, 3.63) is 23.8 Å². The smallest absolute Gasteiger partial charge is 0.119 e. The molecule has 1 aromatic carbocycles. The van der Waals surface area contributed by atoms with Gasteiger partial charge < -0.3 is 36.0 Å². The van der Waals surface area contributed by atoms with Crippen molar-refractivity contribution in [1.29, 1.82) is 0 Å².